The minimum atomic E-state index is 0.491. The fourth-order valence-corrected chi connectivity index (χ4v) is 2.02. The maximum atomic E-state index is 5.82. The highest BCUT2D eigenvalue weighted by Gasteiger charge is 2.09. The van der Waals surface area contributed by atoms with Crippen LogP contribution in [0.3, 0.4) is 0 Å². The van der Waals surface area contributed by atoms with Crippen LogP contribution in [0.5, 0.6) is 17.4 Å². The largest absolute Gasteiger partial charge is 0.488 e. The molecule has 0 saturated heterocycles. The summed E-state index contributed by atoms with van der Waals surface area (Å²) in [7, 11) is 0. The minimum absolute atomic E-state index is 0.491. The molecule has 0 atom stereocenters. The molecule has 2 rings (SSSR count). The molecular formula is C15H16BrNO2. The fourth-order valence-electron chi connectivity index (χ4n) is 1.79. The van der Waals surface area contributed by atoms with E-state index in [0.29, 0.717) is 18.2 Å². The van der Waals surface area contributed by atoms with Crippen LogP contribution in [0.1, 0.15) is 18.1 Å². The van der Waals surface area contributed by atoms with E-state index < -0.39 is 0 Å². The van der Waals surface area contributed by atoms with E-state index in [9.17, 15) is 0 Å². The molecule has 1 aromatic heterocycles. The molecule has 19 heavy (non-hydrogen) atoms. The molecule has 0 aliphatic heterocycles. The molecule has 2 aromatic rings. The van der Waals surface area contributed by atoms with Crippen molar-refractivity contribution in [3.8, 4) is 17.4 Å². The lowest BCUT2D eigenvalue weighted by Gasteiger charge is -2.12. The highest BCUT2D eigenvalue weighted by atomic mass is 79.9. The van der Waals surface area contributed by atoms with Crippen LogP contribution < -0.4 is 9.47 Å². The molecule has 1 heterocycles. The smallest absolute Gasteiger partial charge is 0.262 e. The first-order chi connectivity index (χ1) is 9.11. The summed E-state index contributed by atoms with van der Waals surface area (Å²) in [5.74, 6) is 1.91. The monoisotopic (exact) mass is 321 g/mol. The summed E-state index contributed by atoms with van der Waals surface area (Å²) in [5.41, 5.74) is 2.26. The third kappa shape index (κ3) is 3.26. The van der Waals surface area contributed by atoms with Crippen molar-refractivity contribution in [3.05, 3.63) is 46.1 Å². The van der Waals surface area contributed by atoms with Gasteiger partial charge in [0.05, 0.1) is 6.61 Å². The molecule has 0 aliphatic rings. The third-order valence-corrected chi connectivity index (χ3v) is 3.91. The van der Waals surface area contributed by atoms with Crippen molar-refractivity contribution in [1.82, 2.24) is 4.98 Å². The van der Waals surface area contributed by atoms with Crippen molar-refractivity contribution in [2.24, 2.45) is 0 Å². The number of benzene rings is 1. The molecule has 0 unspecified atom stereocenters. The molecule has 0 aliphatic carbocycles. The van der Waals surface area contributed by atoms with Gasteiger partial charge in [0, 0.05) is 10.7 Å². The van der Waals surface area contributed by atoms with E-state index in [-0.39, 0.29) is 0 Å². The molecule has 0 fully saturated rings. The van der Waals surface area contributed by atoms with E-state index in [0.717, 1.165) is 21.3 Å². The van der Waals surface area contributed by atoms with Crippen LogP contribution in [0.25, 0.3) is 0 Å². The Morgan fingerprint density at radius 1 is 1.21 bits per heavy atom. The molecule has 0 saturated carbocycles. The lowest BCUT2D eigenvalue weighted by molar-refractivity contribution is 0.316. The quantitative estimate of drug-likeness (QED) is 0.821. The van der Waals surface area contributed by atoms with Crippen LogP contribution in [0.2, 0.25) is 0 Å². The third-order valence-electron chi connectivity index (χ3n) is 2.66. The van der Waals surface area contributed by atoms with Gasteiger partial charge in [-0.15, -0.1) is 0 Å². The number of aromatic nitrogens is 1. The van der Waals surface area contributed by atoms with Gasteiger partial charge in [-0.3, -0.25) is 0 Å². The highest BCUT2D eigenvalue weighted by molar-refractivity contribution is 9.10. The van der Waals surface area contributed by atoms with E-state index >= 15 is 0 Å². The van der Waals surface area contributed by atoms with Gasteiger partial charge in [0.1, 0.15) is 5.75 Å². The standard InChI is InChI=1S/C15H16BrNO2/c1-4-18-13-6-5-7-17-15(13)19-12-8-10(2)14(16)11(3)9-12/h5-9H,4H2,1-3H3. The molecule has 1 aromatic carbocycles. The van der Waals surface area contributed by atoms with E-state index in [4.69, 9.17) is 9.47 Å². The van der Waals surface area contributed by atoms with Gasteiger partial charge in [-0.2, -0.15) is 0 Å². The van der Waals surface area contributed by atoms with Crippen molar-refractivity contribution in [2.75, 3.05) is 6.61 Å². The van der Waals surface area contributed by atoms with Crippen LogP contribution in [0.4, 0.5) is 0 Å². The number of halogens is 1. The normalized spacial score (nSPS) is 10.3. The molecule has 0 bridgehead atoms. The van der Waals surface area contributed by atoms with Gasteiger partial charge in [0.15, 0.2) is 5.75 Å². The molecule has 0 N–H and O–H groups in total. The Morgan fingerprint density at radius 3 is 2.53 bits per heavy atom. The summed E-state index contributed by atoms with van der Waals surface area (Å²) in [4.78, 5) is 4.22. The second-order valence-electron chi connectivity index (χ2n) is 4.21. The van der Waals surface area contributed by atoms with Gasteiger partial charge in [-0.1, -0.05) is 15.9 Å². The average Bonchev–Trinajstić information content (AvgIpc) is 2.38. The first kappa shape index (κ1) is 13.9. The SMILES string of the molecule is CCOc1cccnc1Oc1cc(C)c(Br)c(C)c1. The van der Waals surface area contributed by atoms with Crippen molar-refractivity contribution >= 4 is 15.9 Å². The zero-order valence-corrected chi connectivity index (χ0v) is 12.8. The predicted octanol–water partition coefficient (Wildman–Crippen LogP) is 4.65. The van der Waals surface area contributed by atoms with Crippen LogP contribution in [-0.2, 0) is 0 Å². The summed E-state index contributed by atoms with van der Waals surface area (Å²) in [6.07, 6.45) is 1.69. The molecule has 3 nitrogen and oxygen atoms in total. The van der Waals surface area contributed by atoms with Crippen molar-refractivity contribution < 1.29 is 9.47 Å². The van der Waals surface area contributed by atoms with Crippen LogP contribution in [0.15, 0.2) is 34.9 Å². The molecular weight excluding hydrogens is 306 g/mol. The second-order valence-corrected chi connectivity index (χ2v) is 5.01. The summed E-state index contributed by atoms with van der Waals surface area (Å²) < 4.78 is 12.4. The second kappa shape index (κ2) is 6.06. The number of pyridine rings is 1. The Kier molecular flexibility index (Phi) is 4.43. The number of hydrogen-bond donors (Lipinski definition) is 0. The summed E-state index contributed by atoms with van der Waals surface area (Å²) in [5, 5.41) is 0. The first-order valence-corrected chi connectivity index (χ1v) is 6.93. The first-order valence-electron chi connectivity index (χ1n) is 6.14. The van der Waals surface area contributed by atoms with Gasteiger partial charge in [0.25, 0.3) is 5.88 Å². The Hall–Kier alpha value is -1.55. The van der Waals surface area contributed by atoms with Gasteiger partial charge in [-0.05, 0) is 56.2 Å². The number of ether oxygens (including phenoxy) is 2. The Labute approximate surface area is 121 Å². The molecule has 4 heteroatoms. The Bertz CT molecular complexity index is 561. The Morgan fingerprint density at radius 2 is 1.89 bits per heavy atom. The predicted molar refractivity (Wildman–Crippen MR) is 79.1 cm³/mol. The minimum Gasteiger partial charge on any atom is -0.488 e. The Balaban J connectivity index is 2.31. The average molecular weight is 322 g/mol. The summed E-state index contributed by atoms with van der Waals surface area (Å²) >= 11 is 3.54. The van der Waals surface area contributed by atoms with Crippen molar-refractivity contribution in [2.45, 2.75) is 20.8 Å². The highest BCUT2D eigenvalue weighted by Crippen LogP contribution is 2.32. The van der Waals surface area contributed by atoms with E-state index in [1.54, 1.807) is 6.20 Å². The molecule has 100 valence electrons. The molecule has 0 spiro atoms. The zero-order chi connectivity index (χ0) is 13.8. The van der Waals surface area contributed by atoms with Crippen LogP contribution in [-0.4, -0.2) is 11.6 Å². The van der Waals surface area contributed by atoms with Crippen LogP contribution >= 0.6 is 15.9 Å². The van der Waals surface area contributed by atoms with Gasteiger partial charge < -0.3 is 9.47 Å². The fraction of sp³-hybridized carbons (Fsp3) is 0.267. The van der Waals surface area contributed by atoms with E-state index in [1.807, 2.05) is 45.0 Å². The van der Waals surface area contributed by atoms with Gasteiger partial charge in [-0.25, -0.2) is 4.98 Å². The zero-order valence-electron chi connectivity index (χ0n) is 11.2. The van der Waals surface area contributed by atoms with Gasteiger partial charge >= 0.3 is 0 Å². The topological polar surface area (TPSA) is 31.4 Å². The number of aryl methyl sites for hydroxylation is 2. The molecule has 0 radical (unpaired) electrons. The lowest BCUT2D eigenvalue weighted by atomic mass is 10.1. The maximum Gasteiger partial charge on any atom is 0.262 e. The number of nitrogens with zero attached hydrogens (tertiary/aromatic N) is 1. The van der Waals surface area contributed by atoms with Gasteiger partial charge in [0.2, 0.25) is 0 Å². The molecule has 0 amide bonds. The van der Waals surface area contributed by atoms with Crippen molar-refractivity contribution in [1.29, 1.82) is 0 Å². The number of rotatable bonds is 4. The maximum absolute atomic E-state index is 5.82. The van der Waals surface area contributed by atoms with Crippen molar-refractivity contribution in [3.63, 3.8) is 0 Å². The summed E-state index contributed by atoms with van der Waals surface area (Å²) in [6.45, 7) is 6.59. The van der Waals surface area contributed by atoms with E-state index in [2.05, 4.69) is 20.9 Å². The lowest BCUT2D eigenvalue weighted by Crippen LogP contribution is -1.97. The summed E-state index contributed by atoms with van der Waals surface area (Å²) in [6, 6.07) is 7.63. The van der Waals surface area contributed by atoms with Crippen LogP contribution in [0, 0.1) is 13.8 Å². The number of hydrogen-bond acceptors (Lipinski definition) is 3. The van der Waals surface area contributed by atoms with E-state index in [1.165, 1.54) is 0 Å².